The molecule has 1 N–H and O–H groups in total. The van der Waals surface area contributed by atoms with Crippen LogP contribution >= 0.6 is 27.5 Å². The maximum atomic E-state index is 13.2. The van der Waals surface area contributed by atoms with E-state index in [1.54, 1.807) is 6.92 Å². The molecule has 0 aliphatic carbocycles. The Balaban J connectivity index is 3.29. The molecule has 0 amide bonds. The average molecular weight is 317 g/mol. The number of halogens is 3. The summed E-state index contributed by atoms with van der Waals surface area (Å²) < 4.78 is 38.5. The monoisotopic (exact) mass is 315 g/mol. The molecule has 0 spiro atoms. The minimum absolute atomic E-state index is 0.0199. The van der Waals surface area contributed by atoms with Crippen molar-refractivity contribution in [3.63, 3.8) is 0 Å². The van der Waals surface area contributed by atoms with Gasteiger partial charge in [0.05, 0.1) is 14.4 Å². The summed E-state index contributed by atoms with van der Waals surface area (Å²) in [7, 11) is -3.67. The third kappa shape index (κ3) is 2.90. The van der Waals surface area contributed by atoms with Crippen LogP contribution in [-0.4, -0.2) is 15.0 Å². The zero-order valence-electron chi connectivity index (χ0n) is 7.72. The first-order valence-electron chi connectivity index (χ1n) is 4.02. The van der Waals surface area contributed by atoms with E-state index >= 15 is 0 Å². The molecule has 3 nitrogen and oxygen atoms in total. The van der Waals surface area contributed by atoms with Gasteiger partial charge in [0.15, 0.2) is 0 Å². The average Bonchev–Trinajstić information content (AvgIpc) is 2.13. The molecule has 0 bridgehead atoms. The number of sulfonamides is 1. The van der Waals surface area contributed by atoms with Crippen LogP contribution in [0.2, 0.25) is 5.02 Å². The molecule has 0 atom stereocenters. The van der Waals surface area contributed by atoms with Crippen LogP contribution < -0.4 is 4.72 Å². The van der Waals surface area contributed by atoms with E-state index in [0.29, 0.717) is 0 Å². The fourth-order valence-electron chi connectivity index (χ4n) is 0.961. The van der Waals surface area contributed by atoms with Crippen LogP contribution in [0.4, 0.5) is 4.39 Å². The van der Waals surface area contributed by atoms with Gasteiger partial charge in [-0.2, -0.15) is 0 Å². The maximum Gasteiger partial charge on any atom is 0.240 e. The molecule has 0 heterocycles. The standard InChI is InChI=1S/C8H8BrClFNO2S/c1-2-12-15(13,14)5-3-6(10)8(9)7(11)4-5/h3-4,12H,2H2,1H3. The van der Waals surface area contributed by atoms with Gasteiger partial charge in [0.2, 0.25) is 10.0 Å². The summed E-state index contributed by atoms with van der Waals surface area (Å²) in [5.41, 5.74) is 0. The molecule has 0 saturated heterocycles. The van der Waals surface area contributed by atoms with Crippen LogP contribution in [0, 0.1) is 5.82 Å². The highest BCUT2D eigenvalue weighted by molar-refractivity contribution is 9.10. The lowest BCUT2D eigenvalue weighted by molar-refractivity contribution is 0.579. The Hall–Kier alpha value is -0.170. The van der Waals surface area contributed by atoms with Gasteiger partial charge in [0.1, 0.15) is 5.82 Å². The molecule has 0 aromatic heterocycles. The molecular weight excluding hydrogens is 309 g/mol. The highest BCUT2D eigenvalue weighted by Gasteiger charge is 2.16. The predicted octanol–water partition coefficient (Wildman–Crippen LogP) is 2.54. The Kier molecular flexibility index (Phi) is 4.11. The van der Waals surface area contributed by atoms with Crippen LogP contribution in [0.5, 0.6) is 0 Å². The zero-order valence-corrected chi connectivity index (χ0v) is 10.9. The number of rotatable bonds is 3. The van der Waals surface area contributed by atoms with E-state index in [1.807, 2.05) is 0 Å². The van der Waals surface area contributed by atoms with Gasteiger partial charge in [-0.25, -0.2) is 17.5 Å². The molecule has 1 aromatic carbocycles. The first-order chi connectivity index (χ1) is 6.88. The minimum Gasteiger partial charge on any atom is -0.211 e. The Labute approximate surface area is 101 Å². The van der Waals surface area contributed by atoms with E-state index in [1.165, 1.54) is 6.07 Å². The van der Waals surface area contributed by atoms with Crippen molar-refractivity contribution >= 4 is 37.6 Å². The Morgan fingerprint density at radius 1 is 1.53 bits per heavy atom. The number of hydrogen-bond donors (Lipinski definition) is 1. The molecule has 0 aliphatic rings. The highest BCUT2D eigenvalue weighted by atomic mass is 79.9. The number of nitrogens with one attached hydrogen (secondary N) is 1. The van der Waals surface area contributed by atoms with Crippen molar-refractivity contribution in [2.45, 2.75) is 11.8 Å². The fourth-order valence-corrected chi connectivity index (χ4v) is 2.54. The molecule has 0 fully saturated rings. The summed E-state index contributed by atoms with van der Waals surface area (Å²) in [6.45, 7) is 1.87. The first kappa shape index (κ1) is 12.9. The normalized spacial score (nSPS) is 11.7. The Morgan fingerprint density at radius 3 is 2.60 bits per heavy atom. The smallest absolute Gasteiger partial charge is 0.211 e. The van der Waals surface area contributed by atoms with Crippen molar-refractivity contribution in [3.8, 4) is 0 Å². The third-order valence-electron chi connectivity index (χ3n) is 1.60. The van der Waals surface area contributed by atoms with Gasteiger partial charge in [-0.3, -0.25) is 0 Å². The first-order valence-corrected chi connectivity index (χ1v) is 6.68. The molecule has 84 valence electrons. The molecular formula is C8H8BrClFNO2S. The summed E-state index contributed by atoms with van der Waals surface area (Å²) >= 11 is 8.54. The van der Waals surface area contributed by atoms with Crippen LogP contribution in [0.1, 0.15) is 6.92 Å². The van der Waals surface area contributed by atoms with E-state index in [9.17, 15) is 12.8 Å². The molecule has 15 heavy (non-hydrogen) atoms. The summed E-state index contributed by atoms with van der Waals surface area (Å²) in [4.78, 5) is -0.185. The lowest BCUT2D eigenvalue weighted by atomic mass is 10.3. The SMILES string of the molecule is CCNS(=O)(=O)c1cc(F)c(Br)c(Cl)c1. The van der Waals surface area contributed by atoms with Gasteiger partial charge in [-0.15, -0.1) is 0 Å². The third-order valence-corrected chi connectivity index (χ3v) is 4.46. The lowest BCUT2D eigenvalue weighted by Gasteiger charge is -2.06. The zero-order chi connectivity index (χ0) is 11.6. The molecule has 7 heteroatoms. The second-order valence-corrected chi connectivity index (χ2v) is 5.67. The summed E-state index contributed by atoms with van der Waals surface area (Å²) in [5.74, 6) is -0.709. The minimum atomic E-state index is -3.67. The van der Waals surface area contributed by atoms with Crippen molar-refractivity contribution < 1.29 is 12.8 Å². The maximum absolute atomic E-state index is 13.2. The molecule has 0 unspecified atom stereocenters. The largest absolute Gasteiger partial charge is 0.240 e. The number of hydrogen-bond acceptors (Lipinski definition) is 2. The molecule has 0 saturated carbocycles. The summed E-state index contributed by atoms with van der Waals surface area (Å²) in [5, 5.41) is 0.0199. The van der Waals surface area contributed by atoms with Gasteiger partial charge in [-0.05, 0) is 28.1 Å². The molecule has 1 aromatic rings. The van der Waals surface area contributed by atoms with Gasteiger partial charge in [0.25, 0.3) is 0 Å². The van der Waals surface area contributed by atoms with Gasteiger partial charge in [0, 0.05) is 6.54 Å². The van der Waals surface area contributed by atoms with Gasteiger partial charge < -0.3 is 0 Å². The summed E-state index contributed by atoms with van der Waals surface area (Å²) in [6, 6.07) is 2.10. The van der Waals surface area contributed by atoms with Crippen molar-refractivity contribution in [1.82, 2.24) is 4.72 Å². The van der Waals surface area contributed by atoms with Gasteiger partial charge >= 0.3 is 0 Å². The van der Waals surface area contributed by atoms with Crippen LogP contribution in [0.15, 0.2) is 21.5 Å². The van der Waals surface area contributed by atoms with Crippen LogP contribution in [0.25, 0.3) is 0 Å². The second kappa shape index (κ2) is 4.78. The topological polar surface area (TPSA) is 46.2 Å². The van der Waals surface area contributed by atoms with E-state index in [0.717, 1.165) is 6.07 Å². The summed E-state index contributed by atoms with van der Waals surface area (Å²) in [6.07, 6.45) is 0. The predicted molar refractivity (Wildman–Crippen MR) is 60.0 cm³/mol. The van der Waals surface area contributed by atoms with Gasteiger partial charge in [-0.1, -0.05) is 18.5 Å². The number of benzene rings is 1. The van der Waals surface area contributed by atoms with E-state index in [-0.39, 0.29) is 20.9 Å². The molecule has 0 aliphatic heterocycles. The Morgan fingerprint density at radius 2 is 2.13 bits per heavy atom. The molecule has 1 rings (SSSR count). The Bertz CT molecular complexity index is 455. The highest BCUT2D eigenvalue weighted by Crippen LogP contribution is 2.28. The second-order valence-electron chi connectivity index (χ2n) is 2.70. The van der Waals surface area contributed by atoms with E-state index in [4.69, 9.17) is 11.6 Å². The quantitative estimate of drug-likeness (QED) is 0.871. The van der Waals surface area contributed by atoms with Crippen LogP contribution in [-0.2, 0) is 10.0 Å². The van der Waals surface area contributed by atoms with Crippen molar-refractivity contribution in [2.75, 3.05) is 6.54 Å². The molecule has 0 radical (unpaired) electrons. The lowest BCUT2D eigenvalue weighted by Crippen LogP contribution is -2.23. The van der Waals surface area contributed by atoms with Crippen molar-refractivity contribution in [1.29, 1.82) is 0 Å². The van der Waals surface area contributed by atoms with Crippen LogP contribution in [0.3, 0.4) is 0 Å². The van der Waals surface area contributed by atoms with Crippen molar-refractivity contribution in [2.24, 2.45) is 0 Å². The van der Waals surface area contributed by atoms with Crippen molar-refractivity contribution in [3.05, 3.63) is 27.4 Å². The van der Waals surface area contributed by atoms with E-state index < -0.39 is 15.8 Å². The fraction of sp³-hybridized carbons (Fsp3) is 0.250. The van der Waals surface area contributed by atoms with E-state index in [2.05, 4.69) is 20.7 Å².